The molecule has 2 saturated heterocycles. The molecule has 2 fully saturated rings. The average molecular weight is 375 g/mol. The van der Waals surface area contributed by atoms with E-state index in [0.29, 0.717) is 13.1 Å². The quantitative estimate of drug-likeness (QED) is 0.834. The van der Waals surface area contributed by atoms with E-state index in [9.17, 15) is 4.79 Å². The second-order valence-corrected chi connectivity index (χ2v) is 8.18. The summed E-state index contributed by atoms with van der Waals surface area (Å²) in [6, 6.07) is 8.30. The average Bonchev–Trinajstić information content (AvgIpc) is 3.30. The summed E-state index contributed by atoms with van der Waals surface area (Å²) in [5.41, 5.74) is 1.09. The molecule has 0 bridgehead atoms. The van der Waals surface area contributed by atoms with Crippen LogP contribution >= 0.6 is 11.3 Å². The summed E-state index contributed by atoms with van der Waals surface area (Å²) in [5.74, 6) is 0.111. The van der Waals surface area contributed by atoms with Gasteiger partial charge >= 0.3 is 0 Å². The van der Waals surface area contributed by atoms with Crippen molar-refractivity contribution < 1.29 is 9.53 Å². The van der Waals surface area contributed by atoms with Crippen LogP contribution in [0.1, 0.15) is 17.8 Å². The first kappa shape index (κ1) is 17.9. The summed E-state index contributed by atoms with van der Waals surface area (Å²) in [4.78, 5) is 21.5. The van der Waals surface area contributed by atoms with E-state index in [2.05, 4.69) is 33.3 Å². The number of piperazine rings is 1. The van der Waals surface area contributed by atoms with Crippen LogP contribution in [0.5, 0.6) is 0 Å². The van der Waals surface area contributed by atoms with Gasteiger partial charge in [0.15, 0.2) is 0 Å². The van der Waals surface area contributed by atoms with Gasteiger partial charge in [-0.3, -0.25) is 14.6 Å². The van der Waals surface area contributed by atoms with Gasteiger partial charge in [0, 0.05) is 39.3 Å². The zero-order chi connectivity index (χ0) is 17.8. The number of nitrogens with zero attached hydrogens (tertiary/aromatic N) is 3. The van der Waals surface area contributed by atoms with E-state index in [0.717, 1.165) is 57.7 Å². The molecule has 1 aromatic carbocycles. The summed E-state index contributed by atoms with van der Waals surface area (Å²) in [6.07, 6.45) is 2.38. The lowest BCUT2D eigenvalue weighted by atomic mass is 10.2. The molecule has 6 nitrogen and oxygen atoms in total. The molecule has 0 aliphatic carbocycles. The van der Waals surface area contributed by atoms with E-state index in [1.165, 1.54) is 9.71 Å². The van der Waals surface area contributed by atoms with Gasteiger partial charge in [0.25, 0.3) is 0 Å². The zero-order valence-corrected chi connectivity index (χ0v) is 15.8. The normalized spacial score (nSPS) is 22.1. The molecule has 4 rings (SSSR count). The van der Waals surface area contributed by atoms with Gasteiger partial charge in [-0.25, -0.2) is 4.98 Å². The number of hydrogen-bond acceptors (Lipinski definition) is 6. The van der Waals surface area contributed by atoms with Crippen molar-refractivity contribution in [2.75, 3.05) is 45.9 Å². The largest absolute Gasteiger partial charge is 0.376 e. The highest BCUT2D eigenvalue weighted by molar-refractivity contribution is 7.18. The smallest absolute Gasteiger partial charge is 0.234 e. The third-order valence-corrected chi connectivity index (χ3v) is 6.10. The van der Waals surface area contributed by atoms with Crippen LogP contribution in [0.25, 0.3) is 10.2 Å². The third kappa shape index (κ3) is 4.59. The molecular formula is C19H26N4O2S. The summed E-state index contributed by atoms with van der Waals surface area (Å²) in [7, 11) is 0. The number of hydrogen-bond donors (Lipinski definition) is 1. The molecule has 26 heavy (non-hydrogen) atoms. The van der Waals surface area contributed by atoms with E-state index in [4.69, 9.17) is 9.72 Å². The van der Waals surface area contributed by atoms with Gasteiger partial charge in [0.2, 0.25) is 5.91 Å². The Bertz CT molecular complexity index is 703. The minimum Gasteiger partial charge on any atom is -0.376 e. The SMILES string of the molecule is O=C(CN1CCN(Cc2nc3ccccc3s2)CC1)NCC1CCCO1. The lowest BCUT2D eigenvalue weighted by Gasteiger charge is -2.33. The molecule has 2 aliphatic rings. The minimum absolute atomic E-state index is 0.111. The Morgan fingerprint density at radius 1 is 1.23 bits per heavy atom. The summed E-state index contributed by atoms with van der Waals surface area (Å²) in [5, 5.41) is 4.19. The number of fused-ring (bicyclic) bond motifs is 1. The number of nitrogens with one attached hydrogen (secondary N) is 1. The number of rotatable bonds is 6. The van der Waals surface area contributed by atoms with E-state index >= 15 is 0 Å². The first-order chi connectivity index (χ1) is 12.8. The zero-order valence-electron chi connectivity index (χ0n) is 15.0. The highest BCUT2D eigenvalue weighted by Gasteiger charge is 2.21. The van der Waals surface area contributed by atoms with Crippen molar-refractivity contribution in [3.8, 4) is 0 Å². The van der Waals surface area contributed by atoms with Crippen molar-refractivity contribution in [2.45, 2.75) is 25.5 Å². The molecule has 0 spiro atoms. The maximum atomic E-state index is 12.1. The number of aromatic nitrogens is 1. The van der Waals surface area contributed by atoms with Crippen LogP contribution in [-0.2, 0) is 16.1 Å². The highest BCUT2D eigenvalue weighted by Crippen LogP contribution is 2.23. The fourth-order valence-corrected chi connectivity index (χ4v) is 4.59. The topological polar surface area (TPSA) is 57.7 Å². The van der Waals surface area contributed by atoms with E-state index in [1.807, 2.05) is 6.07 Å². The maximum Gasteiger partial charge on any atom is 0.234 e. The van der Waals surface area contributed by atoms with Crippen LogP contribution < -0.4 is 5.32 Å². The third-order valence-electron chi connectivity index (χ3n) is 5.08. The van der Waals surface area contributed by atoms with Gasteiger partial charge in [-0.2, -0.15) is 0 Å². The molecule has 1 amide bonds. The molecule has 3 heterocycles. The molecule has 1 unspecified atom stereocenters. The summed E-state index contributed by atoms with van der Waals surface area (Å²) >= 11 is 1.78. The molecule has 2 aromatic rings. The van der Waals surface area contributed by atoms with Crippen LogP contribution in [0, 0.1) is 0 Å². The number of carbonyl (C=O) groups is 1. The Hall–Kier alpha value is -1.54. The van der Waals surface area contributed by atoms with Gasteiger partial charge in [-0.05, 0) is 25.0 Å². The fraction of sp³-hybridized carbons (Fsp3) is 0.579. The number of ether oxygens (including phenoxy) is 1. The first-order valence-corrected chi connectivity index (χ1v) is 10.3. The predicted molar refractivity (Wildman–Crippen MR) is 103 cm³/mol. The number of benzene rings is 1. The van der Waals surface area contributed by atoms with Crippen molar-refractivity contribution in [1.82, 2.24) is 20.1 Å². The Morgan fingerprint density at radius 2 is 2.04 bits per heavy atom. The number of amides is 1. The predicted octanol–water partition coefficient (Wildman–Crippen LogP) is 1.71. The molecule has 140 valence electrons. The lowest BCUT2D eigenvalue weighted by molar-refractivity contribution is -0.123. The van der Waals surface area contributed by atoms with Gasteiger partial charge in [0.05, 0.1) is 29.4 Å². The van der Waals surface area contributed by atoms with Crippen molar-refractivity contribution >= 4 is 27.5 Å². The standard InChI is InChI=1S/C19H26N4O2S/c24-18(20-12-15-4-3-11-25-15)13-22-7-9-23(10-8-22)14-19-21-16-5-1-2-6-17(16)26-19/h1-2,5-6,15H,3-4,7-14H2,(H,20,24). The molecule has 7 heteroatoms. The molecule has 0 saturated carbocycles. The van der Waals surface area contributed by atoms with Crippen LogP contribution in [0.15, 0.2) is 24.3 Å². The van der Waals surface area contributed by atoms with Crippen molar-refractivity contribution in [1.29, 1.82) is 0 Å². The first-order valence-electron chi connectivity index (χ1n) is 9.44. The van der Waals surface area contributed by atoms with E-state index in [-0.39, 0.29) is 12.0 Å². The summed E-state index contributed by atoms with van der Waals surface area (Å²) in [6.45, 7) is 6.69. The Kier molecular flexibility index (Phi) is 5.79. The van der Waals surface area contributed by atoms with Crippen molar-refractivity contribution in [3.05, 3.63) is 29.3 Å². The van der Waals surface area contributed by atoms with Crippen LogP contribution in [-0.4, -0.2) is 72.7 Å². The number of thiazole rings is 1. The second-order valence-electron chi connectivity index (χ2n) is 7.07. The second kappa shape index (κ2) is 8.43. The molecular weight excluding hydrogens is 348 g/mol. The van der Waals surface area contributed by atoms with Crippen LogP contribution in [0.3, 0.4) is 0 Å². The van der Waals surface area contributed by atoms with Crippen molar-refractivity contribution in [3.63, 3.8) is 0 Å². The lowest BCUT2D eigenvalue weighted by Crippen LogP contribution is -2.49. The molecule has 0 radical (unpaired) electrons. The number of carbonyl (C=O) groups excluding carboxylic acids is 1. The van der Waals surface area contributed by atoms with E-state index < -0.39 is 0 Å². The highest BCUT2D eigenvalue weighted by atomic mass is 32.1. The molecule has 1 aromatic heterocycles. The molecule has 2 aliphatic heterocycles. The van der Waals surface area contributed by atoms with Crippen LogP contribution in [0.4, 0.5) is 0 Å². The molecule has 1 N–H and O–H groups in total. The Labute approximate surface area is 158 Å². The Balaban J connectivity index is 1.19. The van der Waals surface area contributed by atoms with E-state index in [1.54, 1.807) is 11.3 Å². The van der Waals surface area contributed by atoms with Gasteiger partial charge in [-0.1, -0.05) is 12.1 Å². The maximum absolute atomic E-state index is 12.1. The minimum atomic E-state index is 0.111. The summed E-state index contributed by atoms with van der Waals surface area (Å²) < 4.78 is 6.80. The number of para-hydroxylation sites is 1. The molecule has 1 atom stereocenters. The fourth-order valence-electron chi connectivity index (χ4n) is 3.58. The van der Waals surface area contributed by atoms with Gasteiger partial charge in [-0.15, -0.1) is 11.3 Å². The monoisotopic (exact) mass is 374 g/mol. The Morgan fingerprint density at radius 3 is 2.81 bits per heavy atom. The van der Waals surface area contributed by atoms with Crippen LogP contribution in [0.2, 0.25) is 0 Å². The van der Waals surface area contributed by atoms with Crippen molar-refractivity contribution in [2.24, 2.45) is 0 Å². The van der Waals surface area contributed by atoms with Gasteiger partial charge < -0.3 is 10.1 Å². The van der Waals surface area contributed by atoms with Gasteiger partial charge in [0.1, 0.15) is 5.01 Å².